The average molecular weight is 477 g/mol. The zero-order valence-corrected chi connectivity index (χ0v) is 18.9. The molecular weight excluding hydrogens is 463 g/mol. The van der Waals surface area contributed by atoms with Crippen molar-refractivity contribution in [3.8, 4) is 10.6 Å². The van der Waals surface area contributed by atoms with E-state index in [4.69, 9.17) is 35.4 Å². The summed E-state index contributed by atoms with van der Waals surface area (Å²) in [6.45, 7) is 3.79. The lowest BCUT2D eigenvalue weighted by Crippen LogP contribution is -2.34. The first kappa shape index (κ1) is 20.7. The fourth-order valence-electron chi connectivity index (χ4n) is 2.76. The third kappa shape index (κ3) is 4.15. The van der Waals surface area contributed by atoms with Crippen LogP contribution in [0, 0.1) is 13.8 Å². The number of thiocarbonyl (C=S) groups is 1. The monoisotopic (exact) mass is 476 g/mol. The van der Waals surface area contributed by atoms with Crippen molar-refractivity contribution < 1.29 is 4.79 Å². The molecule has 4 aromatic rings. The maximum atomic E-state index is 12.4. The number of aromatic nitrogens is 4. The number of carbonyl (C=O) groups is 1. The van der Waals surface area contributed by atoms with Gasteiger partial charge in [-0.25, -0.2) is 0 Å². The van der Waals surface area contributed by atoms with Gasteiger partial charge in [-0.05, 0) is 68.0 Å². The first-order valence-electron chi connectivity index (χ1n) is 8.69. The van der Waals surface area contributed by atoms with Crippen molar-refractivity contribution in [1.82, 2.24) is 25.1 Å². The van der Waals surface area contributed by atoms with Crippen LogP contribution in [0.4, 0.5) is 5.69 Å². The zero-order chi connectivity index (χ0) is 21.4. The highest BCUT2D eigenvalue weighted by Gasteiger charge is 2.14. The Bertz CT molecular complexity index is 1300. The van der Waals surface area contributed by atoms with Gasteiger partial charge in [-0.1, -0.05) is 34.5 Å². The Labute approximate surface area is 191 Å². The van der Waals surface area contributed by atoms with Gasteiger partial charge >= 0.3 is 0 Å². The Hall–Kier alpha value is -2.59. The molecule has 0 fully saturated rings. The minimum absolute atomic E-state index is 0.154. The SMILES string of the molecule is Cc1cc(-c2nn3c(C)nnc3s2)ccc1NC(=S)NC(=O)c1cc(Cl)ccc1Cl. The smallest absolute Gasteiger partial charge is 0.258 e. The number of hydrogen-bond donors (Lipinski definition) is 2. The molecule has 0 aliphatic rings. The van der Waals surface area contributed by atoms with Crippen LogP contribution in [-0.4, -0.2) is 30.8 Å². The third-order valence-corrected chi connectivity index (χ3v) is 5.99. The maximum absolute atomic E-state index is 12.4. The van der Waals surface area contributed by atoms with Crippen molar-refractivity contribution in [3.63, 3.8) is 0 Å². The number of halogens is 2. The highest BCUT2D eigenvalue weighted by Crippen LogP contribution is 2.28. The lowest BCUT2D eigenvalue weighted by Gasteiger charge is -2.13. The zero-order valence-electron chi connectivity index (χ0n) is 15.7. The molecule has 0 atom stereocenters. The van der Waals surface area contributed by atoms with Crippen molar-refractivity contribution in [2.45, 2.75) is 13.8 Å². The van der Waals surface area contributed by atoms with E-state index in [0.29, 0.717) is 10.0 Å². The van der Waals surface area contributed by atoms with Crippen LogP contribution in [0.3, 0.4) is 0 Å². The van der Waals surface area contributed by atoms with Gasteiger partial charge in [0.2, 0.25) is 4.96 Å². The molecule has 2 heterocycles. The van der Waals surface area contributed by atoms with Crippen molar-refractivity contribution >= 4 is 68.4 Å². The Morgan fingerprint density at radius 1 is 1.13 bits per heavy atom. The summed E-state index contributed by atoms with van der Waals surface area (Å²) in [5, 5.41) is 20.0. The van der Waals surface area contributed by atoms with E-state index in [2.05, 4.69) is 25.9 Å². The molecule has 4 rings (SSSR count). The molecule has 0 spiro atoms. The minimum atomic E-state index is -0.440. The lowest BCUT2D eigenvalue weighted by molar-refractivity contribution is 0.0978. The van der Waals surface area contributed by atoms with Gasteiger partial charge in [0.05, 0.1) is 10.6 Å². The number of nitrogens with zero attached hydrogens (tertiary/aromatic N) is 4. The highest BCUT2D eigenvalue weighted by molar-refractivity contribution is 7.80. The standard InChI is InChI=1S/C19H14Cl2N6OS2/c1-9-7-11(17-26-27-10(2)24-25-19(27)30-17)3-6-15(9)22-18(29)23-16(28)13-8-12(20)4-5-14(13)21/h3-8H,1-2H3,(H2,22,23,28,29). The number of anilines is 1. The van der Waals surface area contributed by atoms with E-state index >= 15 is 0 Å². The molecule has 2 N–H and O–H groups in total. The van der Waals surface area contributed by atoms with E-state index in [1.807, 2.05) is 32.0 Å². The van der Waals surface area contributed by atoms with Gasteiger partial charge in [-0.2, -0.15) is 9.61 Å². The summed E-state index contributed by atoms with van der Waals surface area (Å²) in [4.78, 5) is 13.2. The number of fused-ring (bicyclic) bond motifs is 1. The average Bonchev–Trinajstić information content (AvgIpc) is 3.27. The number of nitrogens with one attached hydrogen (secondary N) is 2. The van der Waals surface area contributed by atoms with Crippen molar-refractivity contribution in [3.05, 3.63) is 63.4 Å². The fraction of sp³-hybridized carbons (Fsp3) is 0.105. The lowest BCUT2D eigenvalue weighted by atomic mass is 10.1. The van der Waals surface area contributed by atoms with Crippen LogP contribution in [0.5, 0.6) is 0 Å². The van der Waals surface area contributed by atoms with Gasteiger partial charge in [0.1, 0.15) is 5.01 Å². The molecule has 7 nitrogen and oxygen atoms in total. The first-order valence-corrected chi connectivity index (χ1v) is 10.7. The maximum Gasteiger partial charge on any atom is 0.258 e. The predicted molar refractivity (Wildman–Crippen MR) is 124 cm³/mol. The molecule has 2 aromatic carbocycles. The van der Waals surface area contributed by atoms with Crippen LogP contribution in [0.15, 0.2) is 36.4 Å². The van der Waals surface area contributed by atoms with Gasteiger partial charge in [0, 0.05) is 16.3 Å². The molecule has 152 valence electrons. The summed E-state index contributed by atoms with van der Waals surface area (Å²) < 4.78 is 1.72. The summed E-state index contributed by atoms with van der Waals surface area (Å²) in [5.74, 6) is 0.299. The Morgan fingerprint density at radius 3 is 2.67 bits per heavy atom. The summed E-state index contributed by atoms with van der Waals surface area (Å²) in [5.41, 5.74) is 2.90. The Kier molecular flexibility index (Phi) is 5.70. The highest BCUT2D eigenvalue weighted by atomic mass is 35.5. The van der Waals surface area contributed by atoms with Gasteiger partial charge in [-0.15, -0.1) is 10.2 Å². The molecule has 1 amide bonds. The normalized spacial score (nSPS) is 10.9. The quantitative estimate of drug-likeness (QED) is 0.409. The van der Waals surface area contributed by atoms with Crippen LogP contribution >= 0.6 is 46.8 Å². The molecule has 0 aliphatic carbocycles. The second-order valence-electron chi connectivity index (χ2n) is 6.41. The van der Waals surface area contributed by atoms with Crippen LogP contribution in [0.25, 0.3) is 15.5 Å². The van der Waals surface area contributed by atoms with E-state index in [1.54, 1.807) is 16.6 Å². The van der Waals surface area contributed by atoms with Gasteiger partial charge in [0.25, 0.3) is 5.91 Å². The molecule has 0 radical (unpaired) electrons. The number of hydrogen-bond acceptors (Lipinski definition) is 6. The predicted octanol–water partition coefficient (Wildman–Crippen LogP) is 4.90. The second kappa shape index (κ2) is 8.27. The van der Waals surface area contributed by atoms with Crippen LogP contribution < -0.4 is 10.6 Å². The van der Waals surface area contributed by atoms with E-state index in [0.717, 1.165) is 32.6 Å². The molecular formula is C19H14Cl2N6OS2. The van der Waals surface area contributed by atoms with Gasteiger partial charge in [-0.3, -0.25) is 10.1 Å². The summed E-state index contributed by atoms with van der Waals surface area (Å²) in [7, 11) is 0. The molecule has 30 heavy (non-hydrogen) atoms. The number of amides is 1. The molecule has 0 saturated carbocycles. The van der Waals surface area contributed by atoms with Crippen LogP contribution in [0.2, 0.25) is 10.0 Å². The number of rotatable bonds is 3. The third-order valence-electron chi connectivity index (χ3n) is 4.27. The minimum Gasteiger partial charge on any atom is -0.332 e. The number of carbonyl (C=O) groups excluding carboxylic acids is 1. The summed E-state index contributed by atoms with van der Waals surface area (Å²) >= 11 is 18.7. The van der Waals surface area contributed by atoms with E-state index < -0.39 is 5.91 Å². The molecule has 0 bridgehead atoms. The first-order chi connectivity index (χ1) is 14.3. The van der Waals surface area contributed by atoms with Crippen molar-refractivity contribution in [1.29, 1.82) is 0 Å². The van der Waals surface area contributed by atoms with E-state index in [1.165, 1.54) is 17.4 Å². The summed E-state index contributed by atoms with van der Waals surface area (Å²) in [6.07, 6.45) is 0. The Balaban J connectivity index is 1.48. The van der Waals surface area contributed by atoms with Crippen molar-refractivity contribution in [2.24, 2.45) is 0 Å². The number of aryl methyl sites for hydroxylation is 2. The second-order valence-corrected chi connectivity index (χ2v) is 8.62. The van der Waals surface area contributed by atoms with E-state index in [-0.39, 0.29) is 10.7 Å². The van der Waals surface area contributed by atoms with Gasteiger partial charge < -0.3 is 5.32 Å². The molecule has 0 saturated heterocycles. The topological polar surface area (TPSA) is 84.2 Å². The molecule has 11 heteroatoms. The van der Waals surface area contributed by atoms with E-state index in [9.17, 15) is 4.79 Å². The molecule has 0 aliphatic heterocycles. The van der Waals surface area contributed by atoms with Crippen molar-refractivity contribution in [2.75, 3.05) is 5.32 Å². The molecule has 0 unspecified atom stereocenters. The fourth-order valence-corrected chi connectivity index (χ4v) is 4.22. The van der Waals surface area contributed by atoms with Crippen LogP contribution in [0.1, 0.15) is 21.7 Å². The van der Waals surface area contributed by atoms with Crippen LogP contribution in [-0.2, 0) is 0 Å². The summed E-state index contributed by atoms with van der Waals surface area (Å²) in [6, 6.07) is 10.5. The Morgan fingerprint density at radius 2 is 1.93 bits per heavy atom. The molecule has 2 aromatic heterocycles. The number of benzene rings is 2. The van der Waals surface area contributed by atoms with Gasteiger partial charge in [0.15, 0.2) is 10.9 Å². The largest absolute Gasteiger partial charge is 0.332 e.